The lowest BCUT2D eigenvalue weighted by molar-refractivity contribution is -0.154. The molecule has 2 aromatic rings. The number of hydrogen-bond acceptors (Lipinski definition) is 6. The molecule has 1 aliphatic heterocycles. The van der Waals surface area contributed by atoms with Gasteiger partial charge in [0.25, 0.3) is 11.8 Å². The van der Waals surface area contributed by atoms with Gasteiger partial charge in [0.05, 0.1) is 11.6 Å². The van der Waals surface area contributed by atoms with Crippen LogP contribution in [0.2, 0.25) is 0 Å². The summed E-state index contributed by atoms with van der Waals surface area (Å²) >= 11 is 0. The van der Waals surface area contributed by atoms with Gasteiger partial charge in [-0.05, 0) is 45.4 Å². The van der Waals surface area contributed by atoms with Crippen LogP contribution in [0, 0.1) is 6.92 Å². The van der Waals surface area contributed by atoms with E-state index in [1.807, 2.05) is 0 Å². The van der Waals surface area contributed by atoms with E-state index in [0.717, 1.165) is 0 Å². The van der Waals surface area contributed by atoms with E-state index in [4.69, 9.17) is 4.74 Å². The Kier molecular flexibility index (Phi) is 6.64. The normalized spacial score (nSPS) is 14.8. The smallest absolute Gasteiger partial charge is 0.422 e. The Labute approximate surface area is 188 Å². The van der Waals surface area contributed by atoms with Crippen LogP contribution in [0.3, 0.4) is 0 Å². The molecular weight excluding hydrogens is 441 g/mol. The fourth-order valence-electron chi connectivity index (χ4n) is 3.43. The first-order chi connectivity index (χ1) is 15.3. The molecule has 0 saturated carbocycles. The number of amides is 2. The minimum absolute atomic E-state index is 0.0128. The molecule has 0 spiro atoms. The lowest BCUT2D eigenvalue weighted by Gasteiger charge is -2.25. The molecule has 2 amide bonds. The zero-order chi connectivity index (χ0) is 24.6. The fourth-order valence-corrected chi connectivity index (χ4v) is 3.43. The number of carbonyl (C=O) groups excluding carboxylic acids is 2. The first kappa shape index (κ1) is 24.4. The van der Waals surface area contributed by atoms with Crippen molar-refractivity contribution in [2.75, 3.05) is 13.2 Å². The molecule has 0 fully saturated rings. The van der Waals surface area contributed by atoms with Crippen molar-refractivity contribution in [2.24, 2.45) is 0 Å². The highest BCUT2D eigenvalue weighted by atomic mass is 19.4. The van der Waals surface area contributed by atoms with Gasteiger partial charge in [-0.25, -0.2) is 4.98 Å². The highest BCUT2D eigenvalue weighted by molar-refractivity contribution is 6.03. The summed E-state index contributed by atoms with van der Waals surface area (Å²) in [6.07, 6.45) is -1.73. The summed E-state index contributed by atoms with van der Waals surface area (Å²) in [6.45, 7) is 5.14. The Bertz CT molecular complexity index is 1070. The van der Waals surface area contributed by atoms with E-state index in [2.05, 4.69) is 15.3 Å². The Morgan fingerprint density at radius 3 is 2.64 bits per heavy atom. The molecule has 11 heteroatoms. The number of pyridine rings is 2. The number of aromatic nitrogens is 2. The van der Waals surface area contributed by atoms with Crippen molar-refractivity contribution >= 4 is 11.8 Å². The van der Waals surface area contributed by atoms with Crippen LogP contribution in [-0.4, -0.2) is 56.7 Å². The average molecular weight is 466 g/mol. The Balaban J connectivity index is 1.78. The standard InChI is InChI=1S/C22H25F3N4O4/c1-12-7-14(8-27-19(12)33-11-22(23,24)25)13(2)29-9-16-15(20(29)31)5-6-26-17(16)18(30)28-10-21(3,4)32/h5-8,13,32H,9-11H2,1-4H3,(H,28,30). The summed E-state index contributed by atoms with van der Waals surface area (Å²) in [5, 5.41) is 12.4. The SMILES string of the molecule is Cc1cc(C(C)N2Cc3c(ccnc3C(=O)NCC(C)(C)O)C2=O)cnc1OCC(F)(F)F. The van der Waals surface area contributed by atoms with Gasteiger partial charge in [-0.15, -0.1) is 0 Å². The van der Waals surface area contributed by atoms with Crippen LogP contribution in [0.15, 0.2) is 24.5 Å². The van der Waals surface area contributed by atoms with E-state index in [1.165, 1.54) is 23.4 Å². The lowest BCUT2D eigenvalue weighted by Crippen LogP contribution is -2.38. The van der Waals surface area contributed by atoms with Crippen LogP contribution in [0.1, 0.15) is 64.3 Å². The molecule has 1 aliphatic rings. The van der Waals surface area contributed by atoms with Crippen molar-refractivity contribution in [3.8, 4) is 5.88 Å². The van der Waals surface area contributed by atoms with Crippen LogP contribution < -0.4 is 10.1 Å². The molecular formula is C22H25F3N4O4. The average Bonchev–Trinajstić information content (AvgIpc) is 3.06. The van der Waals surface area contributed by atoms with Gasteiger partial charge in [-0.2, -0.15) is 13.2 Å². The van der Waals surface area contributed by atoms with Gasteiger partial charge < -0.3 is 20.1 Å². The third-order valence-electron chi connectivity index (χ3n) is 5.15. The van der Waals surface area contributed by atoms with Crippen LogP contribution in [0.4, 0.5) is 13.2 Å². The molecule has 8 nitrogen and oxygen atoms in total. The minimum Gasteiger partial charge on any atom is -0.468 e. The minimum atomic E-state index is -4.47. The maximum atomic E-state index is 13.0. The molecule has 33 heavy (non-hydrogen) atoms. The molecule has 3 rings (SSSR count). The van der Waals surface area contributed by atoms with Crippen molar-refractivity contribution in [3.63, 3.8) is 0 Å². The van der Waals surface area contributed by atoms with Crippen molar-refractivity contribution in [1.82, 2.24) is 20.2 Å². The predicted octanol–water partition coefficient (Wildman–Crippen LogP) is 2.94. The summed E-state index contributed by atoms with van der Waals surface area (Å²) in [7, 11) is 0. The maximum absolute atomic E-state index is 13.0. The number of ether oxygens (including phenoxy) is 1. The van der Waals surface area contributed by atoms with Gasteiger partial charge in [-0.3, -0.25) is 14.6 Å². The number of aliphatic hydroxyl groups is 1. The van der Waals surface area contributed by atoms with Gasteiger partial charge in [0, 0.05) is 42.2 Å². The van der Waals surface area contributed by atoms with Crippen LogP contribution >= 0.6 is 0 Å². The third kappa shape index (κ3) is 5.78. The molecule has 1 atom stereocenters. The molecule has 0 aromatic carbocycles. The van der Waals surface area contributed by atoms with Gasteiger partial charge in [0.2, 0.25) is 5.88 Å². The molecule has 3 heterocycles. The number of hydrogen-bond donors (Lipinski definition) is 2. The van der Waals surface area contributed by atoms with Gasteiger partial charge in [0.15, 0.2) is 6.61 Å². The first-order valence-corrected chi connectivity index (χ1v) is 10.2. The number of aryl methyl sites for hydroxylation is 1. The highest BCUT2D eigenvalue weighted by Gasteiger charge is 2.35. The number of nitrogens with one attached hydrogen (secondary N) is 1. The van der Waals surface area contributed by atoms with E-state index in [0.29, 0.717) is 22.3 Å². The van der Waals surface area contributed by atoms with E-state index in [-0.39, 0.29) is 30.6 Å². The van der Waals surface area contributed by atoms with Crippen LogP contribution in [0.5, 0.6) is 5.88 Å². The maximum Gasteiger partial charge on any atom is 0.422 e. The van der Waals surface area contributed by atoms with Crippen molar-refractivity contribution in [2.45, 2.75) is 52.1 Å². The lowest BCUT2D eigenvalue weighted by atomic mass is 10.1. The van der Waals surface area contributed by atoms with Crippen molar-refractivity contribution < 1.29 is 32.6 Å². The molecule has 0 radical (unpaired) electrons. The quantitative estimate of drug-likeness (QED) is 0.650. The molecule has 0 saturated heterocycles. The second-order valence-electron chi connectivity index (χ2n) is 8.58. The Morgan fingerprint density at radius 2 is 2.03 bits per heavy atom. The van der Waals surface area contributed by atoms with E-state index in [9.17, 15) is 27.9 Å². The van der Waals surface area contributed by atoms with E-state index < -0.39 is 30.3 Å². The molecule has 0 aliphatic carbocycles. The monoisotopic (exact) mass is 466 g/mol. The Hall–Kier alpha value is -3.21. The van der Waals surface area contributed by atoms with Gasteiger partial charge >= 0.3 is 6.18 Å². The van der Waals surface area contributed by atoms with Crippen LogP contribution in [0.25, 0.3) is 0 Å². The zero-order valence-corrected chi connectivity index (χ0v) is 18.7. The third-order valence-corrected chi connectivity index (χ3v) is 5.15. The molecule has 2 N–H and O–H groups in total. The van der Waals surface area contributed by atoms with Crippen molar-refractivity contribution in [1.29, 1.82) is 0 Å². The number of fused-ring (bicyclic) bond motifs is 1. The topological polar surface area (TPSA) is 105 Å². The zero-order valence-electron chi connectivity index (χ0n) is 18.7. The van der Waals surface area contributed by atoms with E-state index >= 15 is 0 Å². The van der Waals surface area contributed by atoms with Gasteiger partial charge in [-0.1, -0.05) is 0 Å². The summed E-state index contributed by atoms with van der Waals surface area (Å²) in [5.74, 6) is -0.930. The number of rotatable bonds is 7. The summed E-state index contributed by atoms with van der Waals surface area (Å²) in [4.78, 5) is 35.3. The Morgan fingerprint density at radius 1 is 1.33 bits per heavy atom. The largest absolute Gasteiger partial charge is 0.468 e. The predicted molar refractivity (Wildman–Crippen MR) is 112 cm³/mol. The molecule has 0 bridgehead atoms. The first-order valence-electron chi connectivity index (χ1n) is 10.2. The summed E-state index contributed by atoms with van der Waals surface area (Å²) in [6, 6.07) is 2.68. The number of nitrogens with zero attached hydrogens (tertiary/aromatic N) is 3. The molecule has 2 aromatic heterocycles. The van der Waals surface area contributed by atoms with Crippen molar-refractivity contribution in [3.05, 3.63) is 52.5 Å². The van der Waals surface area contributed by atoms with Gasteiger partial charge in [0.1, 0.15) is 5.69 Å². The number of alkyl halides is 3. The van der Waals surface area contributed by atoms with E-state index in [1.54, 1.807) is 33.8 Å². The number of halogens is 3. The van der Waals surface area contributed by atoms with Crippen LogP contribution in [-0.2, 0) is 6.54 Å². The summed E-state index contributed by atoms with van der Waals surface area (Å²) in [5.41, 5.74) is 0.822. The fraction of sp³-hybridized carbons (Fsp3) is 0.455. The second-order valence-corrected chi connectivity index (χ2v) is 8.58. The molecule has 1 unspecified atom stereocenters. The number of carbonyl (C=O) groups is 2. The highest BCUT2D eigenvalue weighted by Crippen LogP contribution is 2.33. The second kappa shape index (κ2) is 8.97. The summed E-state index contributed by atoms with van der Waals surface area (Å²) < 4.78 is 42.0. The molecule has 178 valence electrons.